The maximum absolute atomic E-state index is 11.4. The van der Waals surface area contributed by atoms with Gasteiger partial charge in [-0.2, -0.15) is 0 Å². The SMILES string of the molecule is O=C(O)c1ccccc1Nc1cc(N2CCC(Cc3ccccc3)CC2)ncn1. The minimum absolute atomic E-state index is 0.217. The number of aromatic nitrogens is 2. The van der Waals surface area contributed by atoms with E-state index in [0.717, 1.165) is 38.2 Å². The van der Waals surface area contributed by atoms with Crippen LogP contribution in [0.2, 0.25) is 0 Å². The van der Waals surface area contributed by atoms with Gasteiger partial charge >= 0.3 is 5.97 Å². The van der Waals surface area contributed by atoms with Gasteiger partial charge in [0, 0.05) is 19.2 Å². The first kappa shape index (κ1) is 18.9. The molecular weight excluding hydrogens is 364 g/mol. The van der Waals surface area contributed by atoms with Gasteiger partial charge in [-0.1, -0.05) is 42.5 Å². The lowest BCUT2D eigenvalue weighted by Crippen LogP contribution is -2.34. The first-order chi connectivity index (χ1) is 14.2. The Hall–Kier alpha value is -3.41. The molecule has 0 bridgehead atoms. The van der Waals surface area contributed by atoms with Crippen LogP contribution in [0.5, 0.6) is 0 Å². The standard InChI is InChI=1S/C23H24N4O2/c28-23(29)19-8-4-5-9-20(19)26-21-15-22(25-16-24-21)27-12-10-18(11-13-27)14-17-6-2-1-3-7-17/h1-9,15-16,18H,10-14H2,(H,28,29)(H,24,25,26). The van der Waals surface area contributed by atoms with E-state index in [1.54, 1.807) is 24.3 Å². The molecule has 2 N–H and O–H groups in total. The van der Waals surface area contributed by atoms with Crippen LogP contribution in [0.3, 0.4) is 0 Å². The largest absolute Gasteiger partial charge is 0.478 e. The second-order valence-corrected chi connectivity index (χ2v) is 7.36. The Kier molecular flexibility index (Phi) is 5.70. The lowest BCUT2D eigenvalue weighted by Gasteiger charge is -2.33. The first-order valence-electron chi connectivity index (χ1n) is 9.89. The van der Waals surface area contributed by atoms with E-state index in [1.807, 2.05) is 6.07 Å². The summed E-state index contributed by atoms with van der Waals surface area (Å²) < 4.78 is 0. The van der Waals surface area contributed by atoms with E-state index >= 15 is 0 Å². The van der Waals surface area contributed by atoms with Crippen LogP contribution in [-0.2, 0) is 6.42 Å². The van der Waals surface area contributed by atoms with Crippen molar-refractivity contribution in [3.8, 4) is 0 Å². The summed E-state index contributed by atoms with van der Waals surface area (Å²) in [6, 6.07) is 19.4. The second-order valence-electron chi connectivity index (χ2n) is 7.36. The maximum Gasteiger partial charge on any atom is 0.337 e. The molecule has 1 fully saturated rings. The minimum Gasteiger partial charge on any atom is -0.478 e. The predicted molar refractivity (Wildman–Crippen MR) is 114 cm³/mol. The van der Waals surface area contributed by atoms with Gasteiger partial charge in [-0.25, -0.2) is 14.8 Å². The maximum atomic E-state index is 11.4. The minimum atomic E-state index is -0.970. The molecule has 29 heavy (non-hydrogen) atoms. The molecule has 6 nitrogen and oxygen atoms in total. The summed E-state index contributed by atoms with van der Waals surface area (Å²) in [7, 11) is 0. The van der Waals surface area contributed by atoms with Crippen molar-refractivity contribution in [3.05, 3.63) is 78.1 Å². The highest BCUT2D eigenvalue weighted by atomic mass is 16.4. The number of piperidine rings is 1. The average molecular weight is 388 g/mol. The third-order valence-corrected chi connectivity index (χ3v) is 5.38. The molecule has 1 aliphatic rings. The Morgan fingerprint density at radius 3 is 2.52 bits per heavy atom. The van der Waals surface area contributed by atoms with E-state index in [9.17, 15) is 9.90 Å². The highest BCUT2D eigenvalue weighted by Crippen LogP contribution is 2.26. The normalized spacial score (nSPS) is 14.6. The number of carboxylic acid groups (broad SMARTS) is 1. The van der Waals surface area contributed by atoms with Gasteiger partial charge in [0.1, 0.15) is 18.0 Å². The topological polar surface area (TPSA) is 78.4 Å². The molecule has 2 aromatic carbocycles. The predicted octanol–water partition coefficient (Wildman–Crippen LogP) is 4.38. The van der Waals surface area contributed by atoms with Gasteiger partial charge in [0.2, 0.25) is 0 Å². The summed E-state index contributed by atoms with van der Waals surface area (Å²) >= 11 is 0. The van der Waals surface area contributed by atoms with Gasteiger partial charge in [0.05, 0.1) is 11.3 Å². The van der Waals surface area contributed by atoms with Gasteiger partial charge in [-0.05, 0) is 42.9 Å². The number of hydrogen-bond acceptors (Lipinski definition) is 5. The molecule has 1 aromatic heterocycles. The van der Waals surface area contributed by atoms with Crippen molar-refractivity contribution in [2.24, 2.45) is 5.92 Å². The van der Waals surface area contributed by atoms with Gasteiger partial charge in [0.15, 0.2) is 0 Å². The summed E-state index contributed by atoms with van der Waals surface area (Å²) in [5.41, 5.74) is 2.14. The zero-order valence-corrected chi connectivity index (χ0v) is 16.2. The van der Waals surface area contributed by atoms with Crippen molar-refractivity contribution >= 4 is 23.3 Å². The molecule has 2 heterocycles. The van der Waals surface area contributed by atoms with E-state index in [0.29, 0.717) is 17.4 Å². The molecule has 3 aromatic rings. The quantitative estimate of drug-likeness (QED) is 0.653. The number of hydrogen-bond donors (Lipinski definition) is 2. The number of carbonyl (C=O) groups is 1. The number of anilines is 3. The summed E-state index contributed by atoms with van der Waals surface area (Å²) in [6.07, 6.45) is 4.90. The van der Waals surface area contributed by atoms with Crippen molar-refractivity contribution in [2.45, 2.75) is 19.3 Å². The van der Waals surface area contributed by atoms with Crippen LogP contribution < -0.4 is 10.2 Å². The second kappa shape index (κ2) is 8.73. The molecule has 148 valence electrons. The zero-order valence-electron chi connectivity index (χ0n) is 16.2. The molecule has 0 unspecified atom stereocenters. The summed E-state index contributed by atoms with van der Waals surface area (Å²) in [4.78, 5) is 22.4. The third-order valence-electron chi connectivity index (χ3n) is 5.38. The van der Waals surface area contributed by atoms with Crippen LogP contribution in [0.15, 0.2) is 67.0 Å². The van der Waals surface area contributed by atoms with Crippen LogP contribution in [0.4, 0.5) is 17.3 Å². The Labute approximate surface area is 170 Å². The highest BCUT2D eigenvalue weighted by molar-refractivity contribution is 5.95. The van der Waals surface area contributed by atoms with Gasteiger partial charge in [-0.15, -0.1) is 0 Å². The number of carboxylic acids is 1. The molecule has 0 amide bonds. The Morgan fingerprint density at radius 2 is 1.76 bits per heavy atom. The van der Waals surface area contributed by atoms with Crippen LogP contribution >= 0.6 is 0 Å². The fourth-order valence-electron chi connectivity index (χ4n) is 3.82. The molecule has 0 radical (unpaired) electrons. The van der Waals surface area contributed by atoms with E-state index in [-0.39, 0.29) is 5.56 Å². The molecule has 4 rings (SSSR count). The Balaban J connectivity index is 1.40. The number of para-hydroxylation sites is 1. The number of rotatable bonds is 6. The number of aromatic carboxylic acids is 1. The summed E-state index contributed by atoms with van der Waals surface area (Å²) in [6.45, 7) is 1.92. The summed E-state index contributed by atoms with van der Waals surface area (Å²) in [5, 5.41) is 12.5. The molecule has 6 heteroatoms. The van der Waals surface area contributed by atoms with Crippen LogP contribution in [0, 0.1) is 5.92 Å². The van der Waals surface area contributed by atoms with E-state index in [2.05, 4.69) is 50.5 Å². The molecule has 1 saturated heterocycles. The zero-order chi connectivity index (χ0) is 20.1. The molecule has 0 atom stereocenters. The lowest BCUT2D eigenvalue weighted by atomic mass is 9.90. The fraction of sp³-hybridized carbons (Fsp3) is 0.261. The van der Waals surface area contributed by atoms with Crippen LogP contribution in [-0.4, -0.2) is 34.1 Å². The number of benzene rings is 2. The first-order valence-corrected chi connectivity index (χ1v) is 9.89. The van der Waals surface area contributed by atoms with E-state index in [4.69, 9.17) is 0 Å². The van der Waals surface area contributed by atoms with Crippen molar-refractivity contribution < 1.29 is 9.90 Å². The van der Waals surface area contributed by atoms with Crippen molar-refractivity contribution in [1.82, 2.24) is 9.97 Å². The highest BCUT2D eigenvalue weighted by Gasteiger charge is 2.21. The van der Waals surface area contributed by atoms with Crippen molar-refractivity contribution in [3.63, 3.8) is 0 Å². The van der Waals surface area contributed by atoms with Gasteiger partial charge < -0.3 is 15.3 Å². The van der Waals surface area contributed by atoms with Crippen LogP contribution in [0.1, 0.15) is 28.8 Å². The van der Waals surface area contributed by atoms with E-state index < -0.39 is 5.97 Å². The lowest BCUT2D eigenvalue weighted by molar-refractivity contribution is 0.0698. The summed E-state index contributed by atoms with van der Waals surface area (Å²) in [5.74, 6) is 1.18. The molecule has 0 spiro atoms. The third kappa shape index (κ3) is 4.71. The number of nitrogens with zero attached hydrogens (tertiary/aromatic N) is 3. The van der Waals surface area contributed by atoms with Gasteiger partial charge in [-0.3, -0.25) is 0 Å². The fourth-order valence-corrected chi connectivity index (χ4v) is 3.82. The van der Waals surface area contributed by atoms with Crippen LogP contribution in [0.25, 0.3) is 0 Å². The number of nitrogens with one attached hydrogen (secondary N) is 1. The monoisotopic (exact) mass is 388 g/mol. The van der Waals surface area contributed by atoms with Gasteiger partial charge in [0.25, 0.3) is 0 Å². The van der Waals surface area contributed by atoms with Crippen molar-refractivity contribution in [1.29, 1.82) is 0 Å². The smallest absolute Gasteiger partial charge is 0.337 e. The Bertz CT molecular complexity index is 969. The molecule has 0 aliphatic carbocycles. The molecule has 0 saturated carbocycles. The molecule has 1 aliphatic heterocycles. The Morgan fingerprint density at radius 1 is 1.03 bits per heavy atom. The average Bonchev–Trinajstić information content (AvgIpc) is 2.75. The van der Waals surface area contributed by atoms with Crippen molar-refractivity contribution in [2.75, 3.05) is 23.3 Å². The van der Waals surface area contributed by atoms with E-state index in [1.165, 1.54) is 11.9 Å². The molecular formula is C23H24N4O2.